The van der Waals surface area contributed by atoms with Crippen molar-refractivity contribution in [2.75, 3.05) is 40.3 Å². The molecule has 1 atom stereocenters. The molecule has 1 aliphatic heterocycles. The van der Waals surface area contributed by atoms with Gasteiger partial charge in [0.05, 0.1) is 13.7 Å². The fourth-order valence-electron chi connectivity index (χ4n) is 3.61. The number of likely N-dealkylation sites (tertiary alicyclic amines) is 1. The fraction of sp³-hybridized carbons (Fsp3) is 0.609. The molecule has 1 saturated heterocycles. The molecule has 11 heteroatoms. The van der Waals surface area contributed by atoms with E-state index in [1.165, 1.54) is 30.2 Å². The number of carbonyl (C=O) groups is 3. The molecular formula is C23H33F2N3O6. The van der Waals surface area contributed by atoms with Crippen LogP contribution in [0, 0.1) is 5.92 Å². The summed E-state index contributed by atoms with van der Waals surface area (Å²) < 4.78 is 39.6. The van der Waals surface area contributed by atoms with E-state index < -0.39 is 24.2 Å². The van der Waals surface area contributed by atoms with Gasteiger partial charge in [-0.05, 0) is 57.7 Å². The van der Waals surface area contributed by atoms with Gasteiger partial charge in [-0.1, -0.05) is 0 Å². The Balaban J connectivity index is 1.88. The SMILES string of the molecule is COc1cc(C(=O)NCC(=O)N2CCCC(CN(C)C(=O)OC(C)(C)C)C2)ccc1OC(F)F. The molecule has 1 N–H and O–H groups in total. The largest absolute Gasteiger partial charge is 0.493 e. The highest BCUT2D eigenvalue weighted by Crippen LogP contribution is 2.29. The Morgan fingerprint density at radius 3 is 2.56 bits per heavy atom. The molecule has 1 heterocycles. The molecule has 0 spiro atoms. The van der Waals surface area contributed by atoms with E-state index >= 15 is 0 Å². The first-order valence-corrected chi connectivity index (χ1v) is 11.0. The van der Waals surface area contributed by atoms with Crippen molar-refractivity contribution in [2.45, 2.75) is 45.8 Å². The minimum Gasteiger partial charge on any atom is -0.493 e. The lowest BCUT2D eigenvalue weighted by Crippen LogP contribution is -2.47. The molecule has 3 amide bonds. The van der Waals surface area contributed by atoms with Gasteiger partial charge in [-0.15, -0.1) is 0 Å². The highest BCUT2D eigenvalue weighted by molar-refractivity contribution is 5.97. The van der Waals surface area contributed by atoms with E-state index in [0.717, 1.165) is 12.8 Å². The van der Waals surface area contributed by atoms with Crippen molar-refractivity contribution >= 4 is 17.9 Å². The molecule has 1 aliphatic rings. The second kappa shape index (κ2) is 11.8. The zero-order valence-corrected chi connectivity index (χ0v) is 20.2. The molecule has 0 radical (unpaired) electrons. The summed E-state index contributed by atoms with van der Waals surface area (Å²) in [6, 6.07) is 3.78. The van der Waals surface area contributed by atoms with Gasteiger partial charge in [0.25, 0.3) is 5.91 Å². The Morgan fingerprint density at radius 2 is 1.94 bits per heavy atom. The molecule has 0 bridgehead atoms. The van der Waals surface area contributed by atoms with Crippen molar-refractivity contribution < 1.29 is 37.4 Å². The van der Waals surface area contributed by atoms with E-state index in [-0.39, 0.29) is 35.4 Å². The summed E-state index contributed by atoms with van der Waals surface area (Å²) in [4.78, 5) is 40.5. The van der Waals surface area contributed by atoms with Crippen LogP contribution < -0.4 is 14.8 Å². The third-order valence-electron chi connectivity index (χ3n) is 5.15. The quantitative estimate of drug-likeness (QED) is 0.608. The number of carbonyl (C=O) groups excluding carboxylic acids is 3. The first-order valence-electron chi connectivity index (χ1n) is 11.0. The fourth-order valence-corrected chi connectivity index (χ4v) is 3.61. The number of amides is 3. The molecule has 0 aliphatic carbocycles. The van der Waals surface area contributed by atoms with Crippen LogP contribution in [0.15, 0.2) is 18.2 Å². The molecule has 0 saturated carbocycles. The molecular weight excluding hydrogens is 452 g/mol. The van der Waals surface area contributed by atoms with E-state index in [0.29, 0.717) is 19.6 Å². The maximum atomic E-state index is 12.7. The van der Waals surface area contributed by atoms with Gasteiger partial charge in [0, 0.05) is 32.2 Å². The Kier molecular flexibility index (Phi) is 9.46. The zero-order valence-electron chi connectivity index (χ0n) is 20.2. The number of hydrogen-bond donors (Lipinski definition) is 1. The van der Waals surface area contributed by atoms with Gasteiger partial charge in [-0.3, -0.25) is 9.59 Å². The van der Waals surface area contributed by atoms with Crippen molar-refractivity contribution in [1.29, 1.82) is 0 Å². The first-order chi connectivity index (χ1) is 15.9. The number of benzene rings is 1. The monoisotopic (exact) mass is 485 g/mol. The summed E-state index contributed by atoms with van der Waals surface area (Å²) in [7, 11) is 2.94. The lowest BCUT2D eigenvalue weighted by Gasteiger charge is -2.35. The van der Waals surface area contributed by atoms with Crippen LogP contribution in [0.3, 0.4) is 0 Å². The van der Waals surface area contributed by atoms with E-state index in [9.17, 15) is 23.2 Å². The average molecular weight is 486 g/mol. The highest BCUT2D eigenvalue weighted by atomic mass is 19.3. The second-order valence-corrected chi connectivity index (χ2v) is 9.14. The van der Waals surface area contributed by atoms with Crippen molar-refractivity contribution in [3.05, 3.63) is 23.8 Å². The Labute approximate surface area is 198 Å². The van der Waals surface area contributed by atoms with Crippen LogP contribution in [-0.4, -0.2) is 80.3 Å². The van der Waals surface area contributed by atoms with Crippen LogP contribution in [0.5, 0.6) is 11.5 Å². The minimum absolute atomic E-state index is 0.0211. The molecule has 1 aromatic rings. The molecule has 1 aromatic carbocycles. The molecule has 2 rings (SSSR count). The summed E-state index contributed by atoms with van der Waals surface area (Å²) in [5, 5.41) is 2.55. The second-order valence-electron chi connectivity index (χ2n) is 9.14. The number of halogens is 2. The number of hydrogen-bond acceptors (Lipinski definition) is 6. The van der Waals surface area contributed by atoms with Gasteiger partial charge in [0.2, 0.25) is 5.91 Å². The normalized spacial score (nSPS) is 16.1. The maximum absolute atomic E-state index is 12.7. The standard InChI is InChI=1S/C23H33F2N3O6/c1-23(2,3)34-22(31)27(4)13-15-7-6-10-28(14-15)19(29)12-26-20(30)16-8-9-17(33-21(24)25)18(11-16)32-5/h8-9,11,15,21H,6-7,10,12-14H2,1-5H3,(H,26,30). The van der Waals surface area contributed by atoms with Crippen molar-refractivity contribution in [3.63, 3.8) is 0 Å². The molecule has 1 fully saturated rings. The Bertz CT molecular complexity index is 875. The summed E-state index contributed by atoms with van der Waals surface area (Å²) >= 11 is 0. The van der Waals surface area contributed by atoms with E-state index in [1.807, 2.05) is 0 Å². The molecule has 190 valence electrons. The van der Waals surface area contributed by atoms with E-state index in [4.69, 9.17) is 9.47 Å². The summed E-state index contributed by atoms with van der Waals surface area (Å²) in [6.45, 7) is 3.65. The number of nitrogens with one attached hydrogen (secondary N) is 1. The van der Waals surface area contributed by atoms with E-state index in [2.05, 4.69) is 10.1 Å². The summed E-state index contributed by atoms with van der Waals surface area (Å²) in [5.41, 5.74) is -0.444. The first kappa shape index (κ1) is 27.1. The number of nitrogens with zero attached hydrogens (tertiary/aromatic N) is 2. The Morgan fingerprint density at radius 1 is 1.24 bits per heavy atom. The number of piperidine rings is 1. The van der Waals surface area contributed by atoms with Crippen molar-refractivity contribution in [1.82, 2.24) is 15.1 Å². The van der Waals surface area contributed by atoms with Gasteiger partial charge in [0.1, 0.15) is 5.60 Å². The van der Waals surface area contributed by atoms with Gasteiger partial charge in [-0.25, -0.2) is 4.79 Å². The average Bonchev–Trinajstić information content (AvgIpc) is 2.76. The number of rotatable bonds is 8. The van der Waals surface area contributed by atoms with Crippen LogP contribution in [0.25, 0.3) is 0 Å². The maximum Gasteiger partial charge on any atom is 0.410 e. The molecule has 34 heavy (non-hydrogen) atoms. The zero-order chi connectivity index (χ0) is 25.5. The minimum atomic E-state index is -3.02. The number of methoxy groups -OCH3 is 1. The molecule has 9 nitrogen and oxygen atoms in total. The van der Waals surface area contributed by atoms with Gasteiger partial charge >= 0.3 is 12.7 Å². The van der Waals surface area contributed by atoms with Gasteiger partial charge in [0.15, 0.2) is 11.5 Å². The van der Waals surface area contributed by atoms with Crippen LogP contribution >= 0.6 is 0 Å². The van der Waals surface area contributed by atoms with E-state index in [1.54, 1.807) is 32.7 Å². The smallest absolute Gasteiger partial charge is 0.410 e. The third-order valence-corrected chi connectivity index (χ3v) is 5.15. The van der Waals surface area contributed by atoms with Crippen LogP contribution in [0.1, 0.15) is 44.0 Å². The molecule has 1 unspecified atom stereocenters. The topological polar surface area (TPSA) is 97.4 Å². The van der Waals surface area contributed by atoms with Crippen molar-refractivity contribution in [2.24, 2.45) is 5.92 Å². The summed E-state index contributed by atoms with van der Waals surface area (Å²) in [6.07, 6.45) is 1.24. The molecule has 0 aromatic heterocycles. The lowest BCUT2D eigenvalue weighted by molar-refractivity contribution is -0.132. The number of alkyl halides is 2. The predicted molar refractivity (Wildman–Crippen MR) is 120 cm³/mol. The Hall–Kier alpha value is -3.11. The highest BCUT2D eigenvalue weighted by Gasteiger charge is 2.27. The third kappa shape index (κ3) is 8.35. The number of ether oxygens (including phenoxy) is 3. The lowest BCUT2D eigenvalue weighted by atomic mass is 9.97. The van der Waals surface area contributed by atoms with Crippen LogP contribution in [0.4, 0.5) is 13.6 Å². The predicted octanol–water partition coefficient (Wildman–Crippen LogP) is 3.13. The summed E-state index contributed by atoms with van der Waals surface area (Å²) in [5.74, 6) is -0.915. The van der Waals surface area contributed by atoms with Crippen LogP contribution in [0.2, 0.25) is 0 Å². The van der Waals surface area contributed by atoms with Gasteiger partial charge in [-0.2, -0.15) is 8.78 Å². The van der Waals surface area contributed by atoms with Crippen molar-refractivity contribution in [3.8, 4) is 11.5 Å². The van der Waals surface area contributed by atoms with Gasteiger partial charge < -0.3 is 29.3 Å². The van der Waals surface area contributed by atoms with Crippen LogP contribution in [-0.2, 0) is 9.53 Å².